The van der Waals surface area contributed by atoms with E-state index in [1.807, 2.05) is 121 Å². The molecule has 4 atom stereocenters. The number of Topliss-reactive ketones (excluding diaryl/α,β-unsaturated/α-hetero) is 2. The second-order valence-electron chi connectivity index (χ2n) is 12.1. The third kappa shape index (κ3) is 9.95. The molecule has 1 heterocycles. The number of hydrogen-bond acceptors (Lipinski definition) is 6. The fourth-order valence-corrected chi connectivity index (χ4v) is 5.51. The van der Waals surface area contributed by atoms with Gasteiger partial charge in [0.15, 0.2) is 11.6 Å². The molecule has 8 heteroatoms. The zero-order chi connectivity index (χ0) is 33.1. The van der Waals surface area contributed by atoms with Gasteiger partial charge in [-0.15, -0.1) is 0 Å². The van der Waals surface area contributed by atoms with Crippen LogP contribution in [0.4, 0.5) is 4.79 Å². The van der Waals surface area contributed by atoms with E-state index >= 15 is 0 Å². The number of amides is 2. The summed E-state index contributed by atoms with van der Waals surface area (Å²) in [5.74, 6) is -1.73. The average Bonchev–Trinajstić information content (AvgIpc) is 3.86. The minimum absolute atomic E-state index is 0.0530. The molecule has 242 valence electrons. The van der Waals surface area contributed by atoms with E-state index in [4.69, 9.17) is 9.47 Å². The summed E-state index contributed by atoms with van der Waals surface area (Å²) in [6.07, 6.45) is -0.0863. The van der Waals surface area contributed by atoms with E-state index in [2.05, 4.69) is 10.6 Å². The molecule has 0 aromatic heterocycles. The number of hydrogen-bond donors (Lipinski definition) is 2. The van der Waals surface area contributed by atoms with Gasteiger partial charge in [-0.1, -0.05) is 121 Å². The first-order chi connectivity index (χ1) is 22.8. The second kappa shape index (κ2) is 16.0. The van der Waals surface area contributed by atoms with Crippen LogP contribution in [-0.2, 0) is 49.7 Å². The Balaban J connectivity index is 1.34. The van der Waals surface area contributed by atoms with Gasteiger partial charge in [0.2, 0.25) is 5.91 Å². The standard InChI is InChI=1S/C39H40N2O6/c1-39(27-47-39)36(43)34(24-30-18-10-4-11-19-30)40-37(44)32(22-28-14-6-2-7-15-28)25-35(42)33(23-29-16-8-3-9-17-29)41-38(45)46-26-31-20-12-5-13-21-31/h2-21,32-34H,22-27H2,1H3,(H,40,44)(H,41,45)/t32-,33-,34+,39?/m1/s1. The summed E-state index contributed by atoms with van der Waals surface area (Å²) >= 11 is 0. The monoisotopic (exact) mass is 632 g/mol. The van der Waals surface area contributed by atoms with Crippen LogP contribution >= 0.6 is 0 Å². The fourth-order valence-electron chi connectivity index (χ4n) is 5.51. The van der Waals surface area contributed by atoms with Crippen molar-refractivity contribution in [3.05, 3.63) is 144 Å². The van der Waals surface area contributed by atoms with Gasteiger partial charge < -0.3 is 20.1 Å². The lowest BCUT2D eigenvalue weighted by molar-refractivity contribution is -0.134. The first-order valence-corrected chi connectivity index (χ1v) is 15.9. The largest absolute Gasteiger partial charge is 0.445 e. The third-order valence-corrected chi connectivity index (χ3v) is 8.33. The molecular weight excluding hydrogens is 592 g/mol. The number of rotatable bonds is 16. The predicted molar refractivity (Wildman–Crippen MR) is 178 cm³/mol. The molecule has 0 spiro atoms. The van der Waals surface area contributed by atoms with Crippen molar-refractivity contribution in [2.45, 2.75) is 56.9 Å². The molecule has 5 rings (SSSR count). The first kappa shape index (κ1) is 33.3. The van der Waals surface area contributed by atoms with Crippen molar-refractivity contribution >= 4 is 23.6 Å². The Bertz CT molecular complexity index is 1630. The van der Waals surface area contributed by atoms with E-state index in [1.54, 1.807) is 6.92 Å². The van der Waals surface area contributed by atoms with Gasteiger partial charge in [-0.2, -0.15) is 0 Å². The van der Waals surface area contributed by atoms with Crippen molar-refractivity contribution in [3.8, 4) is 0 Å². The first-order valence-electron chi connectivity index (χ1n) is 15.9. The Morgan fingerprint density at radius 1 is 0.660 bits per heavy atom. The van der Waals surface area contributed by atoms with Crippen molar-refractivity contribution in [1.29, 1.82) is 0 Å². The van der Waals surface area contributed by atoms with Crippen molar-refractivity contribution in [2.75, 3.05) is 6.61 Å². The maximum absolute atomic E-state index is 14.0. The lowest BCUT2D eigenvalue weighted by atomic mass is 9.88. The van der Waals surface area contributed by atoms with Gasteiger partial charge in [0.25, 0.3) is 0 Å². The van der Waals surface area contributed by atoms with Gasteiger partial charge in [-0.05, 0) is 48.4 Å². The molecule has 1 fully saturated rings. The quantitative estimate of drug-likeness (QED) is 0.159. The Morgan fingerprint density at radius 2 is 1.11 bits per heavy atom. The number of benzene rings is 4. The highest BCUT2D eigenvalue weighted by Gasteiger charge is 2.50. The number of carbonyl (C=O) groups is 4. The minimum Gasteiger partial charge on any atom is -0.445 e. The number of ether oxygens (including phenoxy) is 2. The lowest BCUT2D eigenvalue weighted by Gasteiger charge is -2.25. The molecule has 1 aliphatic rings. The predicted octanol–water partition coefficient (Wildman–Crippen LogP) is 5.43. The molecule has 0 bridgehead atoms. The van der Waals surface area contributed by atoms with E-state index in [1.165, 1.54) is 0 Å². The molecule has 0 aliphatic carbocycles. The van der Waals surface area contributed by atoms with E-state index in [-0.39, 0.29) is 37.4 Å². The Hall–Kier alpha value is -5.08. The Kier molecular flexibility index (Phi) is 11.3. The van der Waals surface area contributed by atoms with Crippen molar-refractivity contribution in [1.82, 2.24) is 10.6 Å². The fraction of sp³-hybridized carbons (Fsp3) is 0.282. The summed E-state index contributed by atoms with van der Waals surface area (Å²) in [5.41, 5.74) is 2.50. The van der Waals surface area contributed by atoms with Crippen molar-refractivity contribution in [3.63, 3.8) is 0 Å². The van der Waals surface area contributed by atoms with E-state index in [0.29, 0.717) is 13.0 Å². The minimum atomic E-state index is -0.942. The molecule has 1 aliphatic heterocycles. The SMILES string of the molecule is CC1(C(=O)[C@H](Cc2ccccc2)NC(=O)[C@@H](CC(=O)[C@@H](Cc2ccccc2)NC(=O)OCc2ccccc2)Cc2ccccc2)CO1. The van der Waals surface area contributed by atoms with E-state index in [9.17, 15) is 19.2 Å². The zero-order valence-electron chi connectivity index (χ0n) is 26.5. The average molecular weight is 633 g/mol. The van der Waals surface area contributed by atoms with Crippen molar-refractivity contribution in [2.24, 2.45) is 5.92 Å². The lowest BCUT2D eigenvalue weighted by Crippen LogP contribution is -2.50. The molecule has 8 nitrogen and oxygen atoms in total. The van der Waals surface area contributed by atoms with Crippen LogP contribution in [-0.4, -0.2) is 47.9 Å². The molecule has 47 heavy (non-hydrogen) atoms. The van der Waals surface area contributed by atoms with Crippen LogP contribution in [0.3, 0.4) is 0 Å². The number of carbonyl (C=O) groups excluding carboxylic acids is 4. The smallest absolute Gasteiger partial charge is 0.408 e. The molecule has 1 saturated heterocycles. The molecular formula is C39H40N2O6. The van der Waals surface area contributed by atoms with Crippen LogP contribution in [0.25, 0.3) is 0 Å². The van der Waals surface area contributed by atoms with Gasteiger partial charge in [0.1, 0.15) is 12.2 Å². The number of alkyl carbamates (subject to hydrolysis) is 1. The highest BCUT2D eigenvalue weighted by Crippen LogP contribution is 2.29. The molecule has 0 saturated carbocycles. The zero-order valence-corrected chi connectivity index (χ0v) is 26.5. The van der Waals surface area contributed by atoms with Crippen molar-refractivity contribution < 1.29 is 28.7 Å². The van der Waals surface area contributed by atoms with Crippen LogP contribution in [0.5, 0.6) is 0 Å². The summed E-state index contributed by atoms with van der Waals surface area (Å²) in [5, 5.41) is 5.72. The van der Waals surface area contributed by atoms with Crippen LogP contribution in [0.2, 0.25) is 0 Å². The van der Waals surface area contributed by atoms with E-state index in [0.717, 1.165) is 22.3 Å². The van der Waals surface area contributed by atoms with Gasteiger partial charge in [0.05, 0.1) is 18.7 Å². The third-order valence-electron chi connectivity index (χ3n) is 8.33. The number of nitrogens with one attached hydrogen (secondary N) is 2. The Morgan fingerprint density at radius 3 is 1.60 bits per heavy atom. The number of ketones is 2. The molecule has 0 radical (unpaired) electrons. The van der Waals surface area contributed by atoms with E-state index < -0.39 is 35.6 Å². The summed E-state index contributed by atoms with van der Waals surface area (Å²) in [4.78, 5) is 54.4. The summed E-state index contributed by atoms with van der Waals surface area (Å²) in [6.45, 7) is 2.07. The summed E-state index contributed by atoms with van der Waals surface area (Å²) in [7, 11) is 0. The van der Waals surface area contributed by atoms with Crippen LogP contribution in [0, 0.1) is 5.92 Å². The van der Waals surface area contributed by atoms with Gasteiger partial charge >= 0.3 is 6.09 Å². The molecule has 2 amide bonds. The summed E-state index contributed by atoms with van der Waals surface area (Å²) in [6, 6.07) is 35.8. The normalized spacial score (nSPS) is 17.0. The van der Waals surface area contributed by atoms with Gasteiger partial charge in [-0.3, -0.25) is 14.4 Å². The van der Waals surface area contributed by atoms with Crippen LogP contribution in [0.1, 0.15) is 35.6 Å². The highest BCUT2D eigenvalue weighted by atomic mass is 16.6. The van der Waals surface area contributed by atoms with Gasteiger partial charge in [0, 0.05) is 12.3 Å². The molecule has 1 unspecified atom stereocenters. The van der Waals surface area contributed by atoms with Gasteiger partial charge in [-0.25, -0.2) is 4.79 Å². The maximum Gasteiger partial charge on any atom is 0.408 e. The topological polar surface area (TPSA) is 114 Å². The molecule has 4 aromatic carbocycles. The number of epoxide rings is 1. The Labute approximate surface area is 275 Å². The van der Waals surface area contributed by atoms with Crippen LogP contribution < -0.4 is 10.6 Å². The van der Waals surface area contributed by atoms with Crippen LogP contribution in [0.15, 0.2) is 121 Å². The molecule has 4 aromatic rings. The molecule has 2 N–H and O–H groups in total. The highest BCUT2D eigenvalue weighted by molar-refractivity contribution is 5.98. The maximum atomic E-state index is 14.0. The second-order valence-corrected chi connectivity index (χ2v) is 12.1. The summed E-state index contributed by atoms with van der Waals surface area (Å²) < 4.78 is 10.9.